The molecule has 3 aliphatic rings. The van der Waals surface area contributed by atoms with Gasteiger partial charge in [-0.2, -0.15) is 0 Å². The van der Waals surface area contributed by atoms with Crippen LogP contribution in [0.5, 0.6) is 0 Å². The maximum atomic E-state index is 11.8. The van der Waals surface area contributed by atoms with Crippen LogP contribution in [-0.4, -0.2) is 286 Å². The van der Waals surface area contributed by atoms with E-state index < -0.39 is 196 Å². The third kappa shape index (κ3) is 34.7. The SMILES string of the molecule is CC(=O)N[C@H]1C([C@H](O)[C@H](O)CO)O[C@](O)(C(=O)O)C[C@H]1O.CCC(=O)S.CCC(=O)SC[C@@H](O)[C@@H](O)C1O[C@](O)(C(=O)O)C[C@@H](O)[C@H]1NC(C)=O.CCC(=O)SC[C@@H](O)[C@@H](O)C1O[C@](OC(C)P)(C(=O)O)C[C@@H](O)[C@H]1NC(C)=O.CCOC(=O)N=NC(=O)OCC.c1ccc(P(c2ccccc2)c2ccccc2)cc1. The van der Waals surface area contributed by atoms with Gasteiger partial charge in [-0.05, 0) is 44.6 Å². The molecular formula is C68H101N5O32P2S3. The maximum absolute atomic E-state index is 11.8. The Hall–Kier alpha value is -6.70. The van der Waals surface area contributed by atoms with E-state index in [0.717, 1.165) is 37.4 Å². The normalized spacial score (nSPS) is 25.2. The summed E-state index contributed by atoms with van der Waals surface area (Å²) >= 11 is 5.03. The molecule has 110 heavy (non-hydrogen) atoms. The lowest BCUT2D eigenvalue weighted by Crippen LogP contribution is -2.68. The van der Waals surface area contributed by atoms with Gasteiger partial charge in [0.2, 0.25) is 17.7 Å². The molecule has 0 saturated carbocycles. The van der Waals surface area contributed by atoms with E-state index >= 15 is 0 Å². The van der Waals surface area contributed by atoms with Crippen molar-refractivity contribution in [2.45, 2.75) is 215 Å². The Labute approximate surface area is 651 Å². The van der Waals surface area contributed by atoms with Crippen LogP contribution in [0.2, 0.25) is 0 Å². The minimum absolute atomic E-state index is 0.0509. The van der Waals surface area contributed by atoms with Gasteiger partial charge in [0, 0.05) is 70.8 Å². The number of nitrogens with zero attached hydrogens (tertiary/aromatic N) is 2. The Morgan fingerprint density at radius 1 is 0.527 bits per heavy atom. The van der Waals surface area contributed by atoms with Crippen molar-refractivity contribution < 1.29 is 158 Å². The molecule has 3 aliphatic heterocycles. The summed E-state index contributed by atoms with van der Waals surface area (Å²) in [5.74, 6) is -15.7. The number of carboxylic acids is 3. The molecule has 18 N–H and O–H groups in total. The van der Waals surface area contributed by atoms with Crippen LogP contribution in [0.15, 0.2) is 101 Å². The van der Waals surface area contributed by atoms with E-state index in [1.807, 2.05) is 0 Å². The number of carbonyl (C=O) groups is 11. The summed E-state index contributed by atoms with van der Waals surface area (Å²) in [4.78, 5) is 121. The molecule has 3 heterocycles. The van der Waals surface area contributed by atoms with E-state index in [2.05, 4.69) is 149 Å². The van der Waals surface area contributed by atoms with E-state index in [9.17, 15) is 114 Å². The number of azo groups is 1. The van der Waals surface area contributed by atoms with Gasteiger partial charge in [0.15, 0.2) is 15.3 Å². The first-order valence-corrected chi connectivity index (χ1v) is 38.3. The fourth-order valence-electron chi connectivity index (χ4n) is 9.93. The van der Waals surface area contributed by atoms with Crippen LogP contribution in [-0.2, 0) is 71.6 Å². The average molecular weight is 1660 g/mol. The van der Waals surface area contributed by atoms with Gasteiger partial charge in [-0.1, -0.05) is 146 Å². The summed E-state index contributed by atoms with van der Waals surface area (Å²) in [6.07, 6.45) is -22.1. The maximum Gasteiger partial charge on any atom is 0.452 e. The van der Waals surface area contributed by atoms with Crippen LogP contribution in [0.25, 0.3) is 0 Å². The molecule has 3 fully saturated rings. The predicted molar refractivity (Wildman–Crippen MR) is 402 cm³/mol. The molecule has 42 heteroatoms. The number of thiol groups is 1. The van der Waals surface area contributed by atoms with Crippen molar-refractivity contribution in [1.82, 2.24) is 16.0 Å². The molecule has 0 spiro atoms. The number of amides is 5. The van der Waals surface area contributed by atoms with Crippen LogP contribution >= 0.6 is 53.3 Å². The van der Waals surface area contributed by atoms with Crippen LogP contribution in [0, 0.1) is 0 Å². The quantitative estimate of drug-likeness (QED) is 0.0248. The van der Waals surface area contributed by atoms with Gasteiger partial charge in [0.05, 0.1) is 74.3 Å². The minimum atomic E-state index is -2.79. The highest BCUT2D eigenvalue weighted by molar-refractivity contribution is 8.13. The Balaban J connectivity index is 0.000000689. The molecule has 3 aromatic carbocycles. The Morgan fingerprint density at radius 2 is 0.827 bits per heavy atom. The predicted octanol–water partition coefficient (Wildman–Crippen LogP) is -0.966. The van der Waals surface area contributed by atoms with Crippen LogP contribution < -0.4 is 31.9 Å². The van der Waals surface area contributed by atoms with Gasteiger partial charge >= 0.3 is 30.1 Å². The number of nitrogens with one attached hydrogen (secondary N) is 3. The molecule has 0 bridgehead atoms. The number of hydrogen-bond acceptors (Lipinski definition) is 31. The molecule has 6 rings (SSSR count). The van der Waals surface area contributed by atoms with Crippen molar-refractivity contribution >= 4 is 132 Å². The fraction of sp³-hybridized carbons (Fsp3) is 0.574. The molecule has 3 saturated heterocycles. The zero-order chi connectivity index (χ0) is 84.0. The number of benzene rings is 3. The van der Waals surface area contributed by atoms with Gasteiger partial charge in [-0.3, -0.25) is 28.8 Å². The van der Waals surface area contributed by atoms with Crippen LogP contribution in [0.4, 0.5) is 9.59 Å². The topological polar surface area (TPSA) is 607 Å². The molecule has 0 aliphatic carbocycles. The van der Waals surface area contributed by atoms with Gasteiger partial charge in [0.1, 0.15) is 42.7 Å². The number of rotatable bonds is 27. The van der Waals surface area contributed by atoms with Crippen LogP contribution in [0.3, 0.4) is 0 Å². The lowest BCUT2D eigenvalue weighted by atomic mass is 9.88. The Morgan fingerprint density at radius 3 is 1.08 bits per heavy atom. The highest BCUT2D eigenvalue weighted by atomic mass is 32.2. The van der Waals surface area contributed by atoms with Crippen molar-refractivity contribution in [2.75, 3.05) is 31.3 Å². The first-order chi connectivity index (χ1) is 51.5. The summed E-state index contributed by atoms with van der Waals surface area (Å²) in [5, 5.41) is 164. The molecule has 0 radical (unpaired) electrons. The number of aliphatic hydroxyl groups excluding tert-OH is 10. The molecule has 5 amide bonds. The van der Waals surface area contributed by atoms with Gasteiger partial charge in [-0.25, -0.2) is 24.0 Å². The molecular weight excluding hydrogens is 1560 g/mol. The lowest BCUT2D eigenvalue weighted by molar-refractivity contribution is -0.312. The van der Waals surface area contributed by atoms with E-state index in [1.165, 1.54) is 29.8 Å². The number of ether oxygens (including phenoxy) is 6. The fourth-order valence-corrected chi connectivity index (χ4v) is 14.0. The highest BCUT2D eigenvalue weighted by Crippen LogP contribution is 2.37. The monoisotopic (exact) mass is 1660 g/mol. The first-order valence-electron chi connectivity index (χ1n) is 33.9. The molecule has 618 valence electrons. The molecule has 5 unspecified atom stereocenters. The van der Waals surface area contributed by atoms with E-state index in [-0.39, 0.29) is 52.9 Å². The molecule has 20 atom stereocenters. The zero-order valence-electron chi connectivity index (χ0n) is 61.5. The Kier molecular flexibility index (Phi) is 47.1. The van der Waals surface area contributed by atoms with Crippen molar-refractivity contribution in [2.24, 2.45) is 10.2 Å². The van der Waals surface area contributed by atoms with Crippen molar-refractivity contribution in [3.05, 3.63) is 91.0 Å². The number of aliphatic hydroxyl groups is 12. The smallest absolute Gasteiger partial charge is 0.452 e. The van der Waals surface area contributed by atoms with Crippen molar-refractivity contribution in [3.63, 3.8) is 0 Å². The van der Waals surface area contributed by atoms with Crippen molar-refractivity contribution in [1.29, 1.82) is 0 Å². The summed E-state index contributed by atoms with van der Waals surface area (Å²) in [5.41, 5.74) is 0. The number of thioether (sulfide) groups is 2. The summed E-state index contributed by atoms with van der Waals surface area (Å²) in [7, 11) is 1.79. The molecule has 3 aromatic rings. The van der Waals surface area contributed by atoms with Gasteiger partial charge in [-0.15, -0.1) is 21.9 Å². The van der Waals surface area contributed by atoms with Crippen molar-refractivity contribution in [3.8, 4) is 0 Å². The van der Waals surface area contributed by atoms with E-state index in [1.54, 1.807) is 34.6 Å². The average Bonchev–Trinajstić information content (AvgIpc) is 0.783. The number of carbonyl (C=O) groups excluding carboxylic acids is 8. The lowest BCUT2D eigenvalue weighted by Gasteiger charge is -2.47. The Bertz CT molecular complexity index is 3300. The first kappa shape index (κ1) is 101. The molecule has 0 aromatic heterocycles. The zero-order valence-corrected chi connectivity index (χ0v) is 66.1. The van der Waals surface area contributed by atoms with Gasteiger partial charge < -0.3 is 121 Å². The van der Waals surface area contributed by atoms with Crippen LogP contribution in [0.1, 0.15) is 101 Å². The third-order valence-electron chi connectivity index (χ3n) is 15.1. The standard InChI is InChI=1S/C18H15P.C16H28NO9PS.C14H23NO9S.C11H19NO9.C6H10N2O4.C3H6OS/c1-4-10-16(11-5-1)19(17-12-6-2-7-13-17)18-14-8-3-9-15-18;1-4-11(21)28-6-10(20)13(22)14-12(17-7(2)18)9(19)5-16(26-14,15(23)24)25-8(3)27;1-3-9(19)25-5-8(18)11(20)12-10(15-6(2)16)7(17)4-14(23,24-12)13(21)22;1-4(14)12-7-5(15)2-11(20,10(18)19)21-9(7)8(17)6(16)3-13;1-3-11-5(9)7-8-6(10)12-4-2;1-2-3(4)5/h1-15H;8-10,12-14,19-20,22H,4-6,27H2,1-3H3,(H,17,18)(H,23,24);7-8,10-12,17-18,20,23H,3-5H2,1-2H3,(H,15,16)(H,21,22);5-9,13,15-17,20H,2-3H2,1H3,(H,12,14)(H,18,19);3-4H2,1-2H3;2H2,1H3,(H,4,5)/t;8?,9-,10-,12-,13-,14?,16+;7-,8-,10-,11-,12?,14+;5-,6-,7-,8-,9?,11+;;/m.111../s1. The summed E-state index contributed by atoms with van der Waals surface area (Å²) < 4.78 is 29.5. The highest BCUT2D eigenvalue weighted by Gasteiger charge is 2.58. The van der Waals surface area contributed by atoms with E-state index in [0.29, 0.717) is 6.42 Å². The van der Waals surface area contributed by atoms with Gasteiger partial charge in [0.25, 0.3) is 17.4 Å². The molecule has 37 nitrogen and oxygen atoms in total. The third-order valence-corrected chi connectivity index (χ3v) is 20.2. The summed E-state index contributed by atoms with van der Waals surface area (Å²) in [6, 6.07) is 28.6. The van der Waals surface area contributed by atoms with E-state index in [4.69, 9.17) is 34.3 Å². The second kappa shape index (κ2) is 51.1. The number of aliphatic carboxylic acids is 3. The second-order valence-electron chi connectivity index (χ2n) is 23.9. The number of carboxylic acid groups (broad SMARTS) is 3. The summed E-state index contributed by atoms with van der Waals surface area (Å²) in [6.45, 7) is 12.8. The second-order valence-corrected chi connectivity index (χ2v) is 29.7. The number of hydrogen-bond donors (Lipinski definition) is 19. The minimum Gasteiger partial charge on any atom is -0.477 e. The largest absolute Gasteiger partial charge is 0.477 e.